The molecule has 6 heteroatoms. The molecular weight excluding hydrogens is 246 g/mol. The van der Waals surface area contributed by atoms with Gasteiger partial charge in [-0.2, -0.15) is 0 Å². The maximum atomic E-state index is 11.3. The monoisotopic (exact) mass is 265 g/mol. The molecule has 1 aromatic rings. The number of nitrogens with two attached hydrogens (primary N) is 2. The fourth-order valence-corrected chi connectivity index (χ4v) is 1.45. The zero-order valence-corrected chi connectivity index (χ0v) is 10.9. The normalized spacial score (nSPS) is 11.7. The van der Waals surface area contributed by atoms with E-state index in [0.29, 0.717) is 11.3 Å². The Morgan fingerprint density at radius 2 is 1.95 bits per heavy atom. The summed E-state index contributed by atoms with van der Waals surface area (Å²) in [6, 6.07) is 8.77. The van der Waals surface area contributed by atoms with Crippen LogP contribution in [0.2, 0.25) is 0 Å². The van der Waals surface area contributed by atoms with Crippen LogP contribution in [0.1, 0.15) is 12.0 Å². The van der Waals surface area contributed by atoms with Crippen LogP contribution in [0.5, 0.6) is 0 Å². The second-order valence-corrected chi connectivity index (χ2v) is 4.26. The topological polar surface area (TPSA) is 98.6 Å². The third-order valence-corrected chi connectivity index (χ3v) is 2.67. The van der Waals surface area contributed by atoms with E-state index in [0.717, 1.165) is 6.42 Å². The average Bonchev–Trinajstić information content (AvgIpc) is 2.42. The van der Waals surface area contributed by atoms with E-state index in [1.54, 1.807) is 0 Å². The van der Waals surface area contributed by atoms with Crippen LogP contribution < -0.4 is 11.5 Å². The zero-order valence-electron chi connectivity index (χ0n) is 10.9. The van der Waals surface area contributed by atoms with Crippen molar-refractivity contribution in [3.8, 4) is 0 Å². The Labute approximate surface area is 112 Å². The summed E-state index contributed by atoms with van der Waals surface area (Å²) in [7, 11) is 1.25. The van der Waals surface area contributed by atoms with Crippen molar-refractivity contribution in [3.05, 3.63) is 35.9 Å². The third kappa shape index (κ3) is 5.39. The molecule has 19 heavy (non-hydrogen) atoms. The number of aryl methyl sites for hydroxylation is 1. The molecule has 0 saturated heterocycles. The number of hydrogen-bond donors (Lipinski definition) is 2. The smallest absolute Gasteiger partial charge is 0.417 e. The van der Waals surface area contributed by atoms with E-state index >= 15 is 0 Å². The summed E-state index contributed by atoms with van der Waals surface area (Å²) in [5, 5.41) is 0. The van der Waals surface area contributed by atoms with Crippen LogP contribution >= 0.6 is 0 Å². The lowest BCUT2D eigenvalue weighted by atomic mass is 10.1. The Hall–Kier alpha value is -2.08. The van der Waals surface area contributed by atoms with E-state index in [1.165, 1.54) is 12.6 Å². The molecule has 0 saturated carbocycles. The Morgan fingerprint density at radius 3 is 2.53 bits per heavy atom. The molecule has 0 aliphatic rings. The number of ether oxygens (including phenoxy) is 1. The SMILES string of the molecule is CN(C(N)=O)C(=O)OCC(N)CCc1ccccc1. The van der Waals surface area contributed by atoms with Crippen LogP contribution in [0.25, 0.3) is 0 Å². The molecule has 1 rings (SSSR count). The molecule has 104 valence electrons. The van der Waals surface area contributed by atoms with E-state index in [2.05, 4.69) is 0 Å². The summed E-state index contributed by atoms with van der Waals surface area (Å²) < 4.78 is 4.88. The lowest BCUT2D eigenvalue weighted by molar-refractivity contribution is 0.112. The molecule has 4 N–H and O–H groups in total. The molecular formula is C13H19N3O3. The highest BCUT2D eigenvalue weighted by Crippen LogP contribution is 2.04. The third-order valence-electron chi connectivity index (χ3n) is 2.67. The molecule has 0 spiro atoms. The summed E-state index contributed by atoms with van der Waals surface area (Å²) in [6.45, 7) is 0.0588. The fraction of sp³-hybridized carbons (Fsp3) is 0.385. The van der Waals surface area contributed by atoms with Crippen molar-refractivity contribution < 1.29 is 14.3 Å². The van der Waals surface area contributed by atoms with E-state index in [9.17, 15) is 9.59 Å². The van der Waals surface area contributed by atoms with Gasteiger partial charge in [0.05, 0.1) is 0 Å². The van der Waals surface area contributed by atoms with Gasteiger partial charge in [0, 0.05) is 13.1 Å². The molecule has 0 bridgehead atoms. The Morgan fingerprint density at radius 1 is 1.32 bits per heavy atom. The molecule has 0 fully saturated rings. The largest absolute Gasteiger partial charge is 0.447 e. The molecule has 0 aliphatic heterocycles. The summed E-state index contributed by atoms with van der Waals surface area (Å²) >= 11 is 0. The highest BCUT2D eigenvalue weighted by molar-refractivity contribution is 5.89. The summed E-state index contributed by atoms with van der Waals surface area (Å²) in [4.78, 5) is 22.7. The number of hydrogen-bond acceptors (Lipinski definition) is 4. The van der Waals surface area contributed by atoms with Gasteiger partial charge in [-0.25, -0.2) is 14.5 Å². The quantitative estimate of drug-likeness (QED) is 0.832. The Balaban J connectivity index is 2.26. The van der Waals surface area contributed by atoms with Gasteiger partial charge < -0.3 is 16.2 Å². The first-order valence-electron chi connectivity index (χ1n) is 6.00. The number of primary amides is 1. The zero-order chi connectivity index (χ0) is 14.3. The molecule has 1 unspecified atom stereocenters. The number of imide groups is 1. The second kappa shape index (κ2) is 7.38. The van der Waals surface area contributed by atoms with E-state index in [4.69, 9.17) is 16.2 Å². The standard InChI is InChI=1S/C13H19N3O3/c1-16(12(15)17)13(18)19-9-11(14)8-7-10-5-3-2-4-6-10/h2-6,11H,7-9,14H2,1H3,(H2,15,17). The fourth-order valence-electron chi connectivity index (χ4n) is 1.45. The minimum absolute atomic E-state index is 0.0588. The van der Waals surface area contributed by atoms with Crippen molar-refractivity contribution in [2.45, 2.75) is 18.9 Å². The van der Waals surface area contributed by atoms with Gasteiger partial charge >= 0.3 is 12.1 Å². The number of amides is 3. The summed E-state index contributed by atoms with van der Waals surface area (Å²) in [6.07, 6.45) is 0.714. The first-order chi connectivity index (χ1) is 9.00. The number of carbonyl (C=O) groups excluding carboxylic acids is 2. The van der Waals surface area contributed by atoms with Crippen LogP contribution in [0.15, 0.2) is 30.3 Å². The van der Waals surface area contributed by atoms with Crippen LogP contribution in [0, 0.1) is 0 Å². The molecule has 1 aromatic carbocycles. The predicted molar refractivity (Wildman–Crippen MR) is 71.4 cm³/mol. The second-order valence-electron chi connectivity index (χ2n) is 4.26. The van der Waals surface area contributed by atoms with Gasteiger partial charge in [-0.15, -0.1) is 0 Å². The minimum atomic E-state index is -0.858. The van der Waals surface area contributed by atoms with Crippen LogP contribution in [0.4, 0.5) is 9.59 Å². The number of nitrogens with zero attached hydrogens (tertiary/aromatic N) is 1. The van der Waals surface area contributed by atoms with Gasteiger partial charge in [0.1, 0.15) is 6.61 Å². The molecule has 0 aromatic heterocycles. The minimum Gasteiger partial charge on any atom is -0.447 e. The van der Waals surface area contributed by atoms with Crippen molar-refractivity contribution in [2.24, 2.45) is 11.5 Å². The first-order valence-corrected chi connectivity index (χ1v) is 6.00. The number of urea groups is 1. The summed E-state index contributed by atoms with van der Waals surface area (Å²) in [5.41, 5.74) is 11.9. The van der Waals surface area contributed by atoms with Gasteiger partial charge in [-0.05, 0) is 18.4 Å². The van der Waals surface area contributed by atoms with Crippen LogP contribution in [-0.4, -0.2) is 36.7 Å². The lowest BCUT2D eigenvalue weighted by Crippen LogP contribution is -2.39. The van der Waals surface area contributed by atoms with Crippen molar-refractivity contribution >= 4 is 12.1 Å². The van der Waals surface area contributed by atoms with Gasteiger partial charge in [-0.1, -0.05) is 30.3 Å². The maximum absolute atomic E-state index is 11.3. The van der Waals surface area contributed by atoms with Crippen molar-refractivity contribution in [2.75, 3.05) is 13.7 Å². The number of rotatable bonds is 5. The van der Waals surface area contributed by atoms with Gasteiger partial charge in [0.2, 0.25) is 0 Å². The summed E-state index contributed by atoms with van der Waals surface area (Å²) in [5.74, 6) is 0. The van der Waals surface area contributed by atoms with Gasteiger partial charge in [0.25, 0.3) is 0 Å². The van der Waals surface area contributed by atoms with Gasteiger partial charge in [0.15, 0.2) is 0 Å². The van der Waals surface area contributed by atoms with E-state index in [1.807, 2.05) is 30.3 Å². The van der Waals surface area contributed by atoms with Crippen LogP contribution in [-0.2, 0) is 11.2 Å². The highest BCUT2D eigenvalue weighted by atomic mass is 16.6. The maximum Gasteiger partial charge on any atom is 0.417 e. The molecule has 6 nitrogen and oxygen atoms in total. The van der Waals surface area contributed by atoms with E-state index < -0.39 is 12.1 Å². The van der Waals surface area contributed by atoms with E-state index in [-0.39, 0.29) is 12.6 Å². The molecule has 0 heterocycles. The lowest BCUT2D eigenvalue weighted by Gasteiger charge is -2.15. The number of benzene rings is 1. The average molecular weight is 265 g/mol. The molecule has 0 aliphatic carbocycles. The van der Waals surface area contributed by atoms with Crippen molar-refractivity contribution in [1.29, 1.82) is 0 Å². The van der Waals surface area contributed by atoms with Crippen LogP contribution in [0.3, 0.4) is 0 Å². The molecule has 1 atom stereocenters. The highest BCUT2D eigenvalue weighted by Gasteiger charge is 2.16. The molecule has 0 radical (unpaired) electrons. The van der Waals surface area contributed by atoms with Crippen molar-refractivity contribution in [1.82, 2.24) is 4.90 Å². The Kier molecular flexibility index (Phi) is 5.81. The first kappa shape index (κ1) is 15.0. The van der Waals surface area contributed by atoms with Crippen molar-refractivity contribution in [3.63, 3.8) is 0 Å². The Bertz CT molecular complexity index is 422. The number of carbonyl (C=O) groups is 2. The molecule has 3 amide bonds. The van der Waals surface area contributed by atoms with Gasteiger partial charge in [-0.3, -0.25) is 0 Å². The predicted octanol–water partition coefficient (Wildman–Crippen LogP) is 1.09.